The van der Waals surface area contributed by atoms with Gasteiger partial charge in [0.15, 0.2) is 5.76 Å². The van der Waals surface area contributed by atoms with Gasteiger partial charge in [-0.15, -0.1) is 0 Å². The summed E-state index contributed by atoms with van der Waals surface area (Å²) < 4.78 is 31.4. The molecule has 0 N–H and O–H groups in total. The van der Waals surface area contributed by atoms with Crippen LogP contribution in [0.25, 0.3) is 0 Å². The molecule has 1 fully saturated rings. The van der Waals surface area contributed by atoms with Gasteiger partial charge >= 0.3 is 0 Å². The Hall–Kier alpha value is -1.39. The van der Waals surface area contributed by atoms with Gasteiger partial charge in [0, 0.05) is 19.0 Å². The Morgan fingerprint density at radius 1 is 1.50 bits per heavy atom. The van der Waals surface area contributed by atoms with E-state index < -0.39 is 10.0 Å². The van der Waals surface area contributed by atoms with Gasteiger partial charge in [-0.2, -0.15) is 9.57 Å². The molecule has 0 aromatic carbocycles. The van der Waals surface area contributed by atoms with Crippen molar-refractivity contribution in [1.82, 2.24) is 9.46 Å². The molecule has 0 amide bonds. The molecule has 1 aromatic rings. The number of hydrogen-bond donors (Lipinski definition) is 0. The Balaban J connectivity index is 2.37. The van der Waals surface area contributed by atoms with Crippen LogP contribution in [-0.4, -0.2) is 30.5 Å². The van der Waals surface area contributed by atoms with Gasteiger partial charge in [0.1, 0.15) is 10.6 Å². The number of nitrogens with zero attached hydrogens (tertiary/aromatic N) is 3. The molecule has 0 bridgehead atoms. The molecule has 0 aliphatic heterocycles. The van der Waals surface area contributed by atoms with Gasteiger partial charge in [-0.1, -0.05) is 5.16 Å². The Morgan fingerprint density at radius 2 is 2.17 bits per heavy atom. The van der Waals surface area contributed by atoms with Crippen LogP contribution in [0.15, 0.2) is 9.42 Å². The van der Waals surface area contributed by atoms with Crippen molar-refractivity contribution in [3.8, 4) is 6.07 Å². The summed E-state index contributed by atoms with van der Waals surface area (Å²) >= 11 is 0. The highest BCUT2D eigenvalue weighted by Crippen LogP contribution is 2.33. The maximum Gasteiger partial charge on any atom is 0.248 e. The van der Waals surface area contributed by atoms with E-state index in [-0.39, 0.29) is 23.9 Å². The number of sulfonamides is 1. The number of aromatic nitrogens is 1. The fraction of sp³-hybridized carbons (Fsp3) is 0.636. The molecule has 1 heterocycles. The predicted octanol–water partition coefficient (Wildman–Crippen LogP) is 1.36. The molecule has 0 spiro atoms. The van der Waals surface area contributed by atoms with E-state index in [0.717, 1.165) is 12.8 Å². The third kappa shape index (κ3) is 2.26. The fourth-order valence-electron chi connectivity index (χ4n) is 1.98. The lowest BCUT2D eigenvalue weighted by molar-refractivity contribution is 0.387. The average molecular weight is 269 g/mol. The first kappa shape index (κ1) is 13.1. The average Bonchev–Trinajstić information content (AvgIpc) is 3.05. The summed E-state index contributed by atoms with van der Waals surface area (Å²) in [6.07, 6.45) is 1.90. The molecule has 0 radical (unpaired) electrons. The lowest BCUT2D eigenvalue weighted by Gasteiger charge is -2.20. The SMILES string of the molecule is Cc1noc(C)c1S(=O)(=O)N(CCC#N)C1CC1. The van der Waals surface area contributed by atoms with Crippen molar-refractivity contribution in [2.75, 3.05) is 6.54 Å². The van der Waals surface area contributed by atoms with Crippen LogP contribution in [0.5, 0.6) is 0 Å². The largest absolute Gasteiger partial charge is 0.360 e. The molecular weight excluding hydrogens is 254 g/mol. The van der Waals surface area contributed by atoms with Gasteiger partial charge in [0.2, 0.25) is 10.0 Å². The van der Waals surface area contributed by atoms with Crippen molar-refractivity contribution in [3.05, 3.63) is 11.5 Å². The first-order valence-corrected chi connectivity index (χ1v) is 7.24. The molecule has 2 rings (SSSR count). The molecular formula is C11H15N3O3S. The van der Waals surface area contributed by atoms with E-state index in [2.05, 4.69) is 5.16 Å². The quantitative estimate of drug-likeness (QED) is 0.805. The second kappa shape index (κ2) is 4.71. The van der Waals surface area contributed by atoms with Crippen LogP contribution < -0.4 is 0 Å². The van der Waals surface area contributed by atoms with E-state index in [9.17, 15) is 8.42 Å². The normalized spacial score (nSPS) is 15.9. The Kier molecular flexibility index (Phi) is 3.41. The molecule has 1 aromatic heterocycles. The lowest BCUT2D eigenvalue weighted by atomic mass is 10.4. The Labute approximate surface area is 106 Å². The molecule has 98 valence electrons. The maximum atomic E-state index is 12.5. The zero-order valence-corrected chi connectivity index (χ0v) is 11.2. The highest BCUT2D eigenvalue weighted by Gasteiger charge is 2.40. The van der Waals surface area contributed by atoms with Gasteiger partial charge in [0.25, 0.3) is 0 Å². The van der Waals surface area contributed by atoms with Crippen molar-refractivity contribution >= 4 is 10.0 Å². The summed E-state index contributed by atoms with van der Waals surface area (Å²) in [6, 6.07) is 2.01. The molecule has 18 heavy (non-hydrogen) atoms. The third-order valence-corrected chi connectivity index (χ3v) is 5.13. The smallest absolute Gasteiger partial charge is 0.248 e. The highest BCUT2D eigenvalue weighted by molar-refractivity contribution is 7.89. The molecule has 6 nitrogen and oxygen atoms in total. The first-order valence-electron chi connectivity index (χ1n) is 5.80. The summed E-state index contributed by atoms with van der Waals surface area (Å²) in [5.74, 6) is 0.301. The molecule has 1 aliphatic carbocycles. The zero-order valence-electron chi connectivity index (χ0n) is 10.4. The second-order valence-corrected chi connectivity index (χ2v) is 6.24. The lowest BCUT2D eigenvalue weighted by Crippen LogP contribution is -2.34. The first-order chi connectivity index (χ1) is 8.48. The minimum Gasteiger partial charge on any atom is -0.360 e. The molecule has 0 saturated heterocycles. The second-order valence-electron chi connectivity index (χ2n) is 4.41. The molecule has 1 aliphatic rings. The maximum absolute atomic E-state index is 12.5. The minimum atomic E-state index is -3.60. The van der Waals surface area contributed by atoms with Crippen molar-refractivity contribution in [2.45, 2.75) is 44.0 Å². The van der Waals surface area contributed by atoms with Gasteiger partial charge in [-0.25, -0.2) is 8.42 Å². The number of rotatable bonds is 5. The fourth-order valence-corrected chi connectivity index (χ4v) is 3.96. The van der Waals surface area contributed by atoms with Crippen LogP contribution in [0.2, 0.25) is 0 Å². The van der Waals surface area contributed by atoms with Crippen molar-refractivity contribution < 1.29 is 12.9 Å². The number of aryl methyl sites for hydroxylation is 2. The summed E-state index contributed by atoms with van der Waals surface area (Å²) in [5, 5.41) is 12.3. The molecule has 7 heteroatoms. The van der Waals surface area contributed by atoms with Gasteiger partial charge in [-0.3, -0.25) is 0 Å². The Morgan fingerprint density at radius 3 is 2.61 bits per heavy atom. The van der Waals surface area contributed by atoms with E-state index in [1.54, 1.807) is 13.8 Å². The van der Waals surface area contributed by atoms with E-state index in [0.29, 0.717) is 11.5 Å². The summed E-state index contributed by atoms with van der Waals surface area (Å²) in [6.45, 7) is 3.43. The van der Waals surface area contributed by atoms with Crippen LogP contribution in [0.3, 0.4) is 0 Å². The van der Waals surface area contributed by atoms with Gasteiger partial charge < -0.3 is 4.52 Å². The Bertz CT molecular complexity index is 562. The standard InChI is InChI=1S/C11H15N3O3S/c1-8-11(9(2)17-13-8)18(15,16)14(7-3-6-12)10-4-5-10/h10H,3-5,7H2,1-2H3. The van der Waals surface area contributed by atoms with Crippen LogP contribution in [-0.2, 0) is 10.0 Å². The minimum absolute atomic E-state index is 0.0250. The zero-order chi connectivity index (χ0) is 13.3. The van der Waals surface area contributed by atoms with Crippen molar-refractivity contribution in [1.29, 1.82) is 5.26 Å². The predicted molar refractivity (Wildman–Crippen MR) is 63.1 cm³/mol. The van der Waals surface area contributed by atoms with E-state index in [4.69, 9.17) is 9.78 Å². The number of nitriles is 1. The topological polar surface area (TPSA) is 87.2 Å². The van der Waals surface area contributed by atoms with Crippen molar-refractivity contribution in [2.24, 2.45) is 0 Å². The van der Waals surface area contributed by atoms with Crippen molar-refractivity contribution in [3.63, 3.8) is 0 Å². The molecule has 0 atom stereocenters. The van der Waals surface area contributed by atoms with E-state index in [1.807, 2.05) is 6.07 Å². The van der Waals surface area contributed by atoms with Gasteiger partial charge in [-0.05, 0) is 26.7 Å². The van der Waals surface area contributed by atoms with E-state index >= 15 is 0 Å². The molecule has 1 saturated carbocycles. The highest BCUT2D eigenvalue weighted by atomic mass is 32.2. The molecule has 0 unspecified atom stereocenters. The van der Waals surface area contributed by atoms with Crippen LogP contribution in [0.1, 0.15) is 30.7 Å². The monoisotopic (exact) mass is 269 g/mol. The van der Waals surface area contributed by atoms with Crippen LogP contribution in [0, 0.1) is 25.2 Å². The third-order valence-electron chi connectivity index (χ3n) is 2.93. The van der Waals surface area contributed by atoms with E-state index in [1.165, 1.54) is 4.31 Å². The summed E-state index contributed by atoms with van der Waals surface area (Å²) in [5.41, 5.74) is 0.370. The van der Waals surface area contributed by atoms with Crippen LogP contribution >= 0.6 is 0 Å². The van der Waals surface area contributed by atoms with Gasteiger partial charge in [0.05, 0.1) is 6.07 Å². The van der Waals surface area contributed by atoms with Crippen LogP contribution in [0.4, 0.5) is 0 Å². The number of hydrogen-bond acceptors (Lipinski definition) is 5. The summed E-state index contributed by atoms with van der Waals surface area (Å²) in [4.78, 5) is 0.146. The summed E-state index contributed by atoms with van der Waals surface area (Å²) in [7, 11) is -3.60.